The molecule has 2 heterocycles. The number of hydrogen-bond donors (Lipinski definition) is 2. The lowest BCUT2D eigenvalue weighted by Gasteiger charge is -2.16. The molecule has 1 aliphatic rings. The third kappa shape index (κ3) is 1.40. The first-order valence-electron chi connectivity index (χ1n) is 4.37. The van der Waals surface area contributed by atoms with Gasteiger partial charge in [-0.05, 0) is 0 Å². The number of aromatic nitrogens is 2. The predicted octanol–water partition coefficient (Wildman–Crippen LogP) is 0.533. The van der Waals surface area contributed by atoms with Gasteiger partial charge in [-0.25, -0.2) is 0 Å². The van der Waals surface area contributed by atoms with Gasteiger partial charge in [-0.15, -0.1) is 0 Å². The number of ether oxygens (including phenoxy) is 1. The SMILES string of the molecule is NCC(F)(F)c1n[nH]c2c1COCC2. The number of fused-ring (bicyclic) bond motifs is 1. The summed E-state index contributed by atoms with van der Waals surface area (Å²) in [5.74, 6) is -3.06. The van der Waals surface area contributed by atoms with E-state index in [0.29, 0.717) is 18.6 Å². The van der Waals surface area contributed by atoms with Gasteiger partial charge in [0, 0.05) is 17.7 Å². The van der Waals surface area contributed by atoms with E-state index in [4.69, 9.17) is 10.5 Å². The summed E-state index contributed by atoms with van der Waals surface area (Å²) in [5.41, 5.74) is 5.92. The standard InChI is InChI=1S/C8H11F2N3O/c9-8(10,4-11)7-5-3-14-2-1-6(5)12-13-7/h1-4,11H2,(H,12,13). The lowest BCUT2D eigenvalue weighted by atomic mass is 10.1. The van der Waals surface area contributed by atoms with Crippen molar-refractivity contribution in [2.75, 3.05) is 13.2 Å². The highest BCUT2D eigenvalue weighted by atomic mass is 19.3. The second-order valence-electron chi connectivity index (χ2n) is 3.24. The summed E-state index contributed by atoms with van der Waals surface area (Å²) in [5, 5.41) is 6.21. The molecule has 0 atom stereocenters. The van der Waals surface area contributed by atoms with Crippen LogP contribution in [0.3, 0.4) is 0 Å². The Kier molecular flexibility index (Phi) is 2.24. The second-order valence-corrected chi connectivity index (χ2v) is 3.24. The maximum Gasteiger partial charge on any atom is 0.303 e. The Labute approximate surface area is 79.4 Å². The number of rotatable bonds is 2. The summed E-state index contributed by atoms with van der Waals surface area (Å²) >= 11 is 0. The van der Waals surface area contributed by atoms with Crippen LogP contribution in [0.25, 0.3) is 0 Å². The van der Waals surface area contributed by atoms with Crippen molar-refractivity contribution in [3.63, 3.8) is 0 Å². The van der Waals surface area contributed by atoms with Crippen molar-refractivity contribution in [3.8, 4) is 0 Å². The Balaban J connectivity index is 2.39. The Bertz CT molecular complexity index is 337. The molecule has 0 saturated heterocycles. The van der Waals surface area contributed by atoms with Crippen LogP contribution >= 0.6 is 0 Å². The quantitative estimate of drug-likeness (QED) is 0.737. The molecule has 78 valence electrons. The lowest BCUT2D eigenvalue weighted by Crippen LogP contribution is -2.27. The van der Waals surface area contributed by atoms with Crippen LogP contribution in [0.1, 0.15) is 17.0 Å². The minimum absolute atomic E-state index is 0.191. The molecular weight excluding hydrogens is 192 g/mol. The van der Waals surface area contributed by atoms with Gasteiger partial charge in [0.2, 0.25) is 0 Å². The molecule has 2 rings (SSSR count). The van der Waals surface area contributed by atoms with E-state index in [1.807, 2.05) is 0 Å². The first-order chi connectivity index (χ1) is 6.65. The van der Waals surface area contributed by atoms with Crippen molar-refractivity contribution in [2.24, 2.45) is 5.73 Å². The van der Waals surface area contributed by atoms with Crippen LogP contribution in [0.5, 0.6) is 0 Å². The molecule has 0 saturated carbocycles. The molecule has 0 radical (unpaired) electrons. The predicted molar refractivity (Wildman–Crippen MR) is 44.9 cm³/mol. The normalized spacial score (nSPS) is 16.8. The smallest absolute Gasteiger partial charge is 0.303 e. The number of halogens is 2. The van der Waals surface area contributed by atoms with Crippen molar-refractivity contribution in [3.05, 3.63) is 17.0 Å². The third-order valence-corrected chi connectivity index (χ3v) is 2.30. The van der Waals surface area contributed by atoms with Gasteiger partial charge in [0.15, 0.2) is 0 Å². The van der Waals surface area contributed by atoms with Gasteiger partial charge in [-0.3, -0.25) is 5.10 Å². The first-order valence-corrected chi connectivity index (χ1v) is 4.37. The summed E-state index contributed by atoms with van der Waals surface area (Å²) < 4.78 is 31.6. The van der Waals surface area contributed by atoms with Gasteiger partial charge in [0.25, 0.3) is 0 Å². The topological polar surface area (TPSA) is 63.9 Å². The van der Waals surface area contributed by atoms with Gasteiger partial charge in [0.05, 0.1) is 19.8 Å². The Hall–Kier alpha value is -1.01. The molecular formula is C8H11F2N3O. The maximum absolute atomic E-state index is 13.2. The van der Waals surface area contributed by atoms with Crippen molar-refractivity contribution in [1.82, 2.24) is 10.2 Å². The van der Waals surface area contributed by atoms with Crippen molar-refractivity contribution in [2.45, 2.75) is 19.0 Å². The number of nitrogens with zero attached hydrogens (tertiary/aromatic N) is 1. The molecule has 6 heteroatoms. The average molecular weight is 203 g/mol. The molecule has 1 aromatic heterocycles. The number of alkyl halides is 2. The summed E-state index contributed by atoms with van der Waals surface area (Å²) in [6.07, 6.45) is 0.600. The summed E-state index contributed by atoms with van der Waals surface area (Å²) in [6.45, 7) is 0.00385. The molecule has 0 amide bonds. The summed E-state index contributed by atoms with van der Waals surface area (Å²) in [4.78, 5) is 0. The number of hydrogen-bond acceptors (Lipinski definition) is 3. The highest BCUT2D eigenvalue weighted by Gasteiger charge is 2.37. The molecule has 0 bridgehead atoms. The molecule has 1 aromatic rings. The molecule has 3 N–H and O–H groups in total. The van der Waals surface area contributed by atoms with E-state index >= 15 is 0 Å². The van der Waals surface area contributed by atoms with Crippen molar-refractivity contribution >= 4 is 0 Å². The zero-order valence-electron chi connectivity index (χ0n) is 7.52. The number of aromatic amines is 1. The molecule has 4 nitrogen and oxygen atoms in total. The van der Waals surface area contributed by atoms with Crippen LogP contribution in [0.15, 0.2) is 0 Å². The highest BCUT2D eigenvalue weighted by Crippen LogP contribution is 2.31. The molecule has 0 spiro atoms. The van der Waals surface area contributed by atoms with Gasteiger partial charge in [0.1, 0.15) is 5.69 Å². The fraction of sp³-hybridized carbons (Fsp3) is 0.625. The van der Waals surface area contributed by atoms with E-state index < -0.39 is 12.5 Å². The van der Waals surface area contributed by atoms with Gasteiger partial charge >= 0.3 is 5.92 Å². The van der Waals surface area contributed by atoms with Crippen LogP contribution in [-0.2, 0) is 23.7 Å². The average Bonchev–Trinajstić information content (AvgIpc) is 2.61. The molecule has 0 aromatic carbocycles. The van der Waals surface area contributed by atoms with Crippen LogP contribution in [-0.4, -0.2) is 23.3 Å². The highest BCUT2D eigenvalue weighted by molar-refractivity contribution is 5.29. The Morgan fingerprint density at radius 2 is 2.36 bits per heavy atom. The molecule has 0 aliphatic carbocycles. The van der Waals surface area contributed by atoms with E-state index in [9.17, 15) is 8.78 Å². The molecule has 1 aliphatic heterocycles. The van der Waals surface area contributed by atoms with Crippen molar-refractivity contribution in [1.29, 1.82) is 0 Å². The fourth-order valence-electron chi connectivity index (χ4n) is 1.51. The summed E-state index contributed by atoms with van der Waals surface area (Å²) in [7, 11) is 0. The number of H-pyrrole nitrogens is 1. The zero-order chi connectivity index (χ0) is 10.2. The maximum atomic E-state index is 13.2. The molecule has 0 unspecified atom stereocenters. The minimum atomic E-state index is -3.06. The van der Waals surface area contributed by atoms with Crippen LogP contribution in [0, 0.1) is 0 Å². The lowest BCUT2D eigenvalue weighted by molar-refractivity contribution is -0.00223. The van der Waals surface area contributed by atoms with Gasteiger partial charge in [-0.2, -0.15) is 13.9 Å². The second kappa shape index (κ2) is 3.29. The third-order valence-electron chi connectivity index (χ3n) is 2.30. The van der Waals surface area contributed by atoms with Gasteiger partial charge < -0.3 is 10.5 Å². The van der Waals surface area contributed by atoms with Gasteiger partial charge in [-0.1, -0.05) is 0 Å². The van der Waals surface area contributed by atoms with E-state index in [2.05, 4.69) is 10.2 Å². The van der Waals surface area contributed by atoms with Crippen LogP contribution in [0.2, 0.25) is 0 Å². The van der Waals surface area contributed by atoms with Crippen LogP contribution in [0.4, 0.5) is 8.78 Å². The zero-order valence-corrected chi connectivity index (χ0v) is 7.52. The summed E-state index contributed by atoms with van der Waals surface area (Å²) in [6, 6.07) is 0. The largest absolute Gasteiger partial charge is 0.376 e. The number of nitrogens with one attached hydrogen (secondary N) is 1. The van der Waals surface area contributed by atoms with Crippen molar-refractivity contribution < 1.29 is 13.5 Å². The monoisotopic (exact) mass is 203 g/mol. The fourth-order valence-corrected chi connectivity index (χ4v) is 1.51. The van der Waals surface area contributed by atoms with Crippen LogP contribution < -0.4 is 5.73 Å². The van der Waals surface area contributed by atoms with E-state index in [0.717, 1.165) is 5.69 Å². The minimum Gasteiger partial charge on any atom is -0.376 e. The van der Waals surface area contributed by atoms with E-state index in [1.54, 1.807) is 0 Å². The van der Waals surface area contributed by atoms with E-state index in [1.165, 1.54) is 0 Å². The Morgan fingerprint density at radius 1 is 1.57 bits per heavy atom. The first kappa shape index (κ1) is 9.54. The van der Waals surface area contributed by atoms with E-state index in [-0.39, 0.29) is 12.3 Å². The molecule has 0 fully saturated rings. The Morgan fingerprint density at radius 3 is 3.07 bits per heavy atom. The number of nitrogens with two attached hydrogens (primary N) is 1. The molecule has 14 heavy (non-hydrogen) atoms.